The minimum absolute atomic E-state index is 0.590. The summed E-state index contributed by atoms with van der Waals surface area (Å²) in [4.78, 5) is 6.03. The topological polar surface area (TPSA) is 27.1 Å². The summed E-state index contributed by atoms with van der Waals surface area (Å²) < 4.78 is 8.42. The van der Waals surface area contributed by atoms with Crippen molar-refractivity contribution in [3.8, 4) is 16.5 Å². The van der Waals surface area contributed by atoms with E-state index in [0.29, 0.717) is 6.61 Å². The first kappa shape index (κ1) is 16.1. The summed E-state index contributed by atoms with van der Waals surface area (Å²) in [5, 5.41) is 4.43. The molecule has 0 spiro atoms. The number of hydrogen-bond donors (Lipinski definition) is 0. The van der Waals surface area contributed by atoms with Gasteiger partial charge in [0, 0.05) is 5.39 Å². The molecule has 3 nitrogen and oxygen atoms in total. The third-order valence-electron chi connectivity index (χ3n) is 4.72. The van der Waals surface area contributed by atoms with Gasteiger partial charge in [-0.05, 0) is 35.0 Å². The molecule has 27 heavy (non-hydrogen) atoms. The van der Waals surface area contributed by atoms with E-state index in [4.69, 9.17) is 9.72 Å². The first-order valence-electron chi connectivity index (χ1n) is 9.00. The van der Waals surface area contributed by atoms with Crippen LogP contribution in [0.4, 0.5) is 0 Å². The number of hydrogen-bond acceptors (Lipinski definition) is 3. The number of imidazole rings is 1. The molecule has 0 atom stereocenters. The fraction of sp³-hybridized carbons (Fsp3) is 0.0870. The second-order valence-electron chi connectivity index (χ2n) is 6.38. The molecule has 4 heteroatoms. The number of thiophene rings is 1. The number of benzene rings is 3. The average Bonchev–Trinajstić information content (AvgIpc) is 3.36. The van der Waals surface area contributed by atoms with Gasteiger partial charge in [0.15, 0.2) is 5.82 Å². The van der Waals surface area contributed by atoms with Crippen LogP contribution in [0.2, 0.25) is 0 Å². The van der Waals surface area contributed by atoms with E-state index in [1.165, 1.54) is 10.3 Å². The van der Waals surface area contributed by atoms with Crippen molar-refractivity contribution in [3.63, 3.8) is 0 Å². The fourth-order valence-corrected chi connectivity index (χ4v) is 4.19. The second-order valence-corrected chi connectivity index (χ2v) is 7.33. The zero-order chi connectivity index (χ0) is 18.1. The van der Waals surface area contributed by atoms with Crippen LogP contribution in [0.1, 0.15) is 0 Å². The van der Waals surface area contributed by atoms with Crippen molar-refractivity contribution < 1.29 is 4.74 Å². The predicted octanol–water partition coefficient (Wildman–Crippen LogP) is 6.00. The van der Waals surface area contributed by atoms with Crippen molar-refractivity contribution in [2.45, 2.75) is 6.54 Å². The van der Waals surface area contributed by atoms with Crippen LogP contribution < -0.4 is 4.74 Å². The molecule has 0 radical (unpaired) electrons. The van der Waals surface area contributed by atoms with E-state index in [2.05, 4.69) is 64.5 Å². The van der Waals surface area contributed by atoms with Crippen LogP contribution in [0.25, 0.3) is 32.5 Å². The van der Waals surface area contributed by atoms with E-state index < -0.39 is 0 Å². The predicted molar refractivity (Wildman–Crippen MR) is 112 cm³/mol. The summed E-state index contributed by atoms with van der Waals surface area (Å²) in [5.41, 5.74) is 2.16. The molecule has 0 aliphatic carbocycles. The fourth-order valence-electron chi connectivity index (χ4n) is 3.46. The third-order valence-corrected chi connectivity index (χ3v) is 5.58. The summed E-state index contributed by atoms with van der Waals surface area (Å²) >= 11 is 1.71. The van der Waals surface area contributed by atoms with E-state index in [1.807, 2.05) is 24.3 Å². The zero-order valence-corrected chi connectivity index (χ0v) is 15.5. The van der Waals surface area contributed by atoms with Crippen LogP contribution >= 0.6 is 11.3 Å². The molecular weight excluding hydrogens is 352 g/mol. The summed E-state index contributed by atoms with van der Waals surface area (Å²) in [6, 6.07) is 27.0. The van der Waals surface area contributed by atoms with E-state index in [1.54, 1.807) is 11.3 Å². The highest BCUT2D eigenvalue weighted by atomic mass is 32.1. The van der Waals surface area contributed by atoms with Gasteiger partial charge in [-0.2, -0.15) is 0 Å². The molecule has 0 saturated carbocycles. The van der Waals surface area contributed by atoms with Gasteiger partial charge in [-0.15, -0.1) is 11.3 Å². The van der Waals surface area contributed by atoms with Crippen molar-refractivity contribution in [1.82, 2.24) is 9.55 Å². The first-order valence-corrected chi connectivity index (χ1v) is 9.88. The lowest BCUT2D eigenvalue weighted by Gasteiger charge is -2.12. The lowest BCUT2D eigenvalue weighted by atomic mass is 10.1. The second kappa shape index (κ2) is 6.89. The maximum atomic E-state index is 6.17. The normalized spacial score (nSPS) is 11.3. The quantitative estimate of drug-likeness (QED) is 0.379. The lowest BCUT2D eigenvalue weighted by Crippen LogP contribution is -2.09. The number of aromatic nitrogens is 2. The van der Waals surface area contributed by atoms with E-state index in [0.717, 1.165) is 34.5 Å². The van der Waals surface area contributed by atoms with Crippen LogP contribution in [-0.2, 0) is 6.54 Å². The van der Waals surface area contributed by atoms with Gasteiger partial charge in [-0.1, -0.05) is 54.6 Å². The molecule has 3 aromatic carbocycles. The zero-order valence-electron chi connectivity index (χ0n) is 14.7. The lowest BCUT2D eigenvalue weighted by molar-refractivity contribution is 0.304. The molecule has 0 saturated heterocycles. The van der Waals surface area contributed by atoms with Crippen LogP contribution in [0.15, 0.2) is 84.2 Å². The van der Waals surface area contributed by atoms with Gasteiger partial charge < -0.3 is 9.30 Å². The van der Waals surface area contributed by atoms with E-state index >= 15 is 0 Å². The molecule has 0 aliphatic rings. The summed E-state index contributed by atoms with van der Waals surface area (Å²) in [7, 11) is 0. The SMILES string of the molecule is c1csc(-c2nc3ccccc3n2CCOc2cccc3ccccc23)c1. The molecule has 0 amide bonds. The highest BCUT2D eigenvalue weighted by molar-refractivity contribution is 7.13. The van der Waals surface area contributed by atoms with Crippen molar-refractivity contribution in [2.24, 2.45) is 0 Å². The van der Waals surface area contributed by atoms with Crippen LogP contribution in [0, 0.1) is 0 Å². The Morgan fingerprint density at radius 3 is 2.63 bits per heavy atom. The van der Waals surface area contributed by atoms with Crippen LogP contribution in [-0.4, -0.2) is 16.2 Å². The number of nitrogens with zero attached hydrogens (tertiary/aromatic N) is 2. The maximum Gasteiger partial charge on any atom is 0.151 e. The molecule has 5 rings (SSSR count). The summed E-state index contributed by atoms with van der Waals surface area (Å²) in [6.45, 7) is 1.34. The number of fused-ring (bicyclic) bond motifs is 2. The maximum absolute atomic E-state index is 6.17. The molecule has 0 unspecified atom stereocenters. The molecule has 132 valence electrons. The van der Waals surface area contributed by atoms with Crippen LogP contribution in [0.5, 0.6) is 5.75 Å². The van der Waals surface area contributed by atoms with Gasteiger partial charge in [0.1, 0.15) is 12.4 Å². The Kier molecular flexibility index (Phi) is 4.11. The number of rotatable bonds is 5. The molecule has 2 aromatic heterocycles. The van der Waals surface area contributed by atoms with E-state index in [9.17, 15) is 0 Å². The Balaban J connectivity index is 1.46. The summed E-state index contributed by atoms with van der Waals surface area (Å²) in [5.74, 6) is 1.93. The monoisotopic (exact) mass is 370 g/mol. The molecule has 2 heterocycles. The smallest absolute Gasteiger partial charge is 0.151 e. The van der Waals surface area contributed by atoms with Crippen molar-refractivity contribution >= 4 is 33.1 Å². The van der Waals surface area contributed by atoms with E-state index in [-0.39, 0.29) is 0 Å². The van der Waals surface area contributed by atoms with Gasteiger partial charge in [0.25, 0.3) is 0 Å². The molecule has 5 aromatic rings. The number of para-hydroxylation sites is 2. The van der Waals surface area contributed by atoms with Gasteiger partial charge in [0.05, 0.1) is 22.5 Å². The Labute approximate surface area is 161 Å². The van der Waals surface area contributed by atoms with Gasteiger partial charge in [-0.3, -0.25) is 0 Å². The molecule has 0 fully saturated rings. The molecule has 0 bridgehead atoms. The highest BCUT2D eigenvalue weighted by Crippen LogP contribution is 2.29. The number of ether oxygens (including phenoxy) is 1. The Morgan fingerprint density at radius 2 is 1.70 bits per heavy atom. The first-order chi connectivity index (χ1) is 13.4. The Hall–Kier alpha value is -3.11. The third kappa shape index (κ3) is 2.98. The van der Waals surface area contributed by atoms with Gasteiger partial charge in [0.2, 0.25) is 0 Å². The molecular formula is C23H18N2OS. The molecule has 0 aliphatic heterocycles. The van der Waals surface area contributed by atoms with Gasteiger partial charge >= 0.3 is 0 Å². The minimum atomic E-state index is 0.590. The van der Waals surface area contributed by atoms with Crippen molar-refractivity contribution in [3.05, 3.63) is 84.2 Å². The van der Waals surface area contributed by atoms with Crippen molar-refractivity contribution in [2.75, 3.05) is 6.61 Å². The Morgan fingerprint density at radius 1 is 0.852 bits per heavy atom. The van der Waals surface area contributed by atoms with Crippen molar-refractivity contribution in [1.29, 1.82) is 0 Å². The highest BCUT2D eigenvalue weighted by Gasteiger charge is 2.13. The summed E-state index contributed by atoms with van der Waals surface area (Å²) in [6.07, 6.45) is 0. The average molecular weight is 370 g/mol. The largest absolute Gasteiger partial charge is 0.491 e. The Bertz CT molecular complexity index is 1200. The standard InChI is InChI=1S/C23H18N2OS/c1-2-9-18-17(7-1)8-5-12-21(18)26-15-14-25-20-11-4-3-10-19(20)24-23(25)22-13-6-16-27-22/h1-13,16H,14-15H2. The van der Waals surface area contributed by atoms with Gasteiger partial charge in [-0.25, -0.2) is 4.98 Å². The molecule has 0 N–H and O–H groups in total. The minimum Gasteiger partial charge on any atom is -0.491 e. The van der Waals surface area contributed by atoms with Crippen LogP contribution in [0.3, 0.4) is 0 Å².